The SMILES string of the molecule is CC1(C)CC(NC(=O)Nc2ccnn2C2CC2)c2ccc(F)cc2O1. The number of fused-ring (bicyclic) bond motifs is 1. The predicted octanol–water partition coefficient (Wildman–Crippen LogP) is 3.78. The zero-order valence-corrected chi connectivity index (χ0v) is 14.3. The molecule has 0 spiro atoms. The van der Waals surface area contributed by atoms with Crippen LogP contribution in [-0.4, -0.2) is 21.4 Å². The van der Waals surface area contributed by atoms with Crippen LogP contribution in [0, 0.1) is 5.82 Å². The number of amides is 2. The van der Waals surface area contributed by atoms with Gasteiger partial charge in [0.05, 0.1) is 18.3 Å². The summed E-state index contributed by atoms with van der Waals surface area (Å²) in [5.74, 6) is 0.809. The minimum Gasteiger partial charge on any atom is -0.487 e. The standard InChI is InChI=1S/C18H21FN4O2/c1-18(2)10-14(13-6-3-11(19)9-15(13)25-18)21-17(24)22-16-7-8-20-23(16)12-4-5-12/h3,6-9,12,14H,4-5,10H2,1-2H3,(H2,21,22,24). The van der Waals surface area contributed by atoms with Crippen molar-refractivity contribution in [3.8, 4) is 5.75 Å². The molecule has 6 nitrogen and oxygen atoms in total. The highest BCUT2D eigenvalue weighted by Crippen LogP contribution is 2.40. The van der Waals surface area contributed by atoms with E-state index in [0.717, 1.165) is 18.4 Å². The predicted molar refractivity (Wildman–Crippen MR) is 91.1 cm³/mol. The third kappa shape index (κ3) is 3.31. The highest BCUT2D eigenvalue weighted by Gasteiger charge is 2.35. The fraction of sp³-hybridized carbons (Fsp3) is 0.444. The molecule has 7 heteroatoms. The molecule has 1 aliphatic carbocycles. The van der Waals surface area contributed by atoms with E-state index in [-0.39, 0.29) is 17.9 Å². The van der Waals surface area contributed by atoms with E-state index in [2.05, 4.69) is 15.7 Å². The van der Waals surface area contributed by atoms with Gasteiger partial charge in [0, 0.05) is 24.1 Å². The van der Waals surface area contributed by atoms with Crippen molar-refractivity contribution in [1.82, 2.24) is 15.1 Å². The number of anilines is 1. The van der Waals surface area contributed by atoms with E-state index in [4.69, 9.17) is 4.74 Å². The quantitative estimate of drug-likeness (QED) is 0.890. The zero-order chi connectivity index (χ0) is 17.6. The summed E-state index contributed by atoms with van der Waals surface area (Å²) in [6.07, 6.45) is 4.46. The van der Waals surface area contributed by atoms with Gasteiger partial charge in [-0.2, -0.15) is 5.10 Å². The molecule has 2 aliphatic rings. The van der Waals surface area contributed by atoms with Crippen molar-refractivity contribution in [3.63, 3.8) is 0 Å². The third-order valence-electron chi connectivity index (χ3n) is 4.54. The van der Waals surface area contributed by atoms with Gasteiger partial charge in [0.2, 0.25) is 0 Å². The van der Waals surface area contributed by atoms with Crippen molar-refractivity contribution >= 4 is 11.8 Å². The number of urea groups is 1. The second-order valence-electron chi connectivity index (χ2n) is 7.29. The van der Waals surface area contributed by atoms with Crippen molar-refractivity contribution in [2.75, 3.05) is 5.32 Å². The first kappa shape index (κ1) is 15.9. The van der Waals surface area contributed by atoms with Crippen molar-refractivity contribution in [1.29, 1.82) is 0 Å². The molecule has 1 aromatic carbocycles. The summed E-state index contributed by atoms with van der Waals surface area (Å²) >= 11 is 0. The Hall–Kier alpha value is -2.57. The molecule has 132 valence electrons. The molecule has 1 aliphatic heterocycles. The van der Waals surface area contributed by atoms with Gasteiger partial charge in [-0.15, -0.1) is 0 Å². The number of nitrogens with one attached hydrogen (secondary N) is 2. The first-order valence-electron chi connectivity index (χ1n) is 8.51. The van der Waals surface area contributed by atoms with Crippen LogP contribution in [0.1, 0.15) is 50.8 Å². The molecule has 0 saturated heterocycles. The monoisotopic (exact) mass is 344 g/mol. The number of benzene rings is 1. The maximum atomic E-state index is 13.5. The van der Waals surface area contributed by atoms with Gasteiger partial charge in [-0.1, -0.05) is 6.07 Å². The van der Waals surface area contributed by atoms with Gasteiger partial charge in [0.1, 0.15) is 23.0 Å². The van der Waals surface area contributed by atoms with E-state index in [1.807, 2.05) is 18.5 Å². The smallest absolute Gasteiger partial charge is 0.320 e. The topological polar surface area (TPSA) is 68.2 Å². The summed E-state index contributed by atoms with van der Waals surface area (Å²) in [7, 11) is 0. The number of carbonyl (C=O) groups is 1. The Bertz CT molecular complexity index is 813. The van der Waals surface area contributed by atoms with Crippen LogP contribution in [0.2, 0.25) is 0 Å². The fourth-order valence-corrected chi connectivity index (χ4v) is 3.29. The van der Waals surface area contributed by atoms with Crippen LogP contribution in [0.15, 0.2) is 30.5 Å². The lowest BCUT2D eigenvalue weighted by atomic mass is 9.90. The number of ether oxygens (including phenoxy) is 1. The Kier molecular flexibility index (Phi) is 3.67. The van der Waals surface area contributed by atoms with Crippen LogP contribution in [0.5, 0.6) is 5.75 Å². The summed E-state index contributed by atoms with van der Waals surface area (Å²) in [4.78, 5) is 12.5. The average molecular weight is 344 g/mol. The Morgan fingerprint density at radius 3 is 2.92 bits per heavy atom. The molecule has 1 fully saturated rings. The van der Waals surface area contributed by atoms with Crippen LogP contribution in [-0.2, 0) is 0 Å². The van der Waals surface area contributed by atoms with E-state index >= 15 is 0 Å². The number of rotatable bonds is 3. The van der Waals surface area contributed by atoms with Gasteiger partial charge in [-0.05, 0) is 32.8 Å². The minimum absolute atomic E-state index is 0.253. The molecule has 2 aromatic rings. The Morgan fingerprint density at radius 2 is 2.16 bits per heavy atom. The Labute approximate surface area is 145 Å². The van der Waals surface area contributed by atoms with Gasteiger partial charge >= 0.3 is 6.03 Å². The van der Waals surface area contributed by atoms with Crippen molar-refractivity contribution in [2.24, 2.45) is 0 Å². The molecule has 2 amide bonds. The van der Waals surface area contributed by atoms with E-state index in [1.165, 1.54) is 12.1 Å². The van der Waals surface area contributed by atoms with Gasteiger partial charge in [-0.3, -0.25) is 5.32 Å². The molecule has 0 bridgehead atoms. The van der Waals surface area contributed by atoms with E-state index in [0.29, 0.717) is 24.0 Å². The van der Waals surface area contributed by atoms with Gasteiger partial charge < -0.3 is 10.1 Å². The van der Waals surface area contributed by atoms with Crippen LogP contribution in [0.4, 0.5) is 15.0 Å². The molecule has 25 heavy (non-hydrogen) atoms. The number of nitrogens with zero attached hydrogens (tertiary/aromatic N) is 2. The lowest BCUT2D eigenvalue weighted by Gasteiger charge is -2.37. The third-order valence-corrected chi connectivity index (χ3v) is 4.54. The maximum absolute atomic E-state index is 13.5. The normalized spacial score (nSPS) is 21.2. The Morgan fingerprint density at radius 1 is 1.36 bits per heavy atom. The summed E-state index contributed by atoms with van der Waals surface area (Å²) in [5, 5.41) is 10.1. The zero-order valence-electron chi connectivity index (χ0n) is 14.3. The molecule has 0 radical (unpaired) electrons. The number of hydrogen-bond donors (Lipinski definition) is 2. The molecule has 1 saturated carbocycles. The second-order valence-corrected chi connectivity index (χ2v) is 7.29. The maximum Gasteiger partial charge on any atom is 0.320 e. The van der Waals surface area contributed by atoms with E-state index in [9.17, 15) is 9.18 Å². The summed E-state index contributed by atoms with van der Waals surface area (Å²) in [6, 6.07) is 6.03. The highest BCUT2D eigenvalue weighted by molar-refractivity contribution is 5.88. The number of halogens is 1. The van der Waals surface area contributed by atoms with Crippen LogP contribution in [0.3, 0.4) is 0 Å². The molecule has 1 unspecified atom stereocenters. The van der Waals surface area contributed by atoms with Crippen LogP contribution in [0.25, 0.3) is 0 Å². The fourth-order valence-electron chi connectivity index (χ4n) is 3.29. The van der Waals surface area contributed by atoms with E-state index in [1.54, 1.807) is 18.3 Å². The van der Waals surface area contributed by atoms with Gasteiger partial charge in [-0.25, -0.2) is 13.9 Å². The lowest BCUT2D eigenvalue weighted by molar-refractivity contribution is 0.0678. The Balaban J connectivity index is 1.51. The average Bonchev–Trinajstić information content (AvgIpc) is 3.25. The molecule has 2 heterocycles. The van der Waals surface area contributed by atoms with E-state index < -0.39 is 5.60 Å². The second kappa shape index (κ2) is 5.75. The minimum atomic E-state index is -0.492. The molecular formula is C18H21FN4O2. The summed E-state index contributed by atoms with van der Waals surface area (Å²) in [6.45, 7) is 3.85. The molecule has 1 aromatic heterocycles. The van der Waals surface area contributed by atoms with Crippen LogP contribution >= 0.6 is 0 Å². The van der Waals surface area contributed by atoms with Crippen molar-refractivity contribution in [3.05, 3.63) is 41.8 Å². The van der Waals surface area contributed by atoms with Gasteiger partial charge in [0.25, 0.3) is 0 Å². The molecule has 4 rings (SSSR count). The lowest BCUT2D eigenvalue weighted by Crippen LogP contribution is -2.42. The van der Waals surface area contributed by atoms with Gasteiger partial charge in [0.15, 0.2) is 0 Å². The molecule has 1 atom stereocenters. The van der Waals surface area contributed by atoms with Crippen molar-refractivity contribution < 1.29 is 13.9 Å². The largest absolute Gasteiger partial charge is 0.487 e. The van der Waals surface area contributed by atoms with Crippen LogP contribution < -0.4 is 15.4 Å². The highest BCUT2D eigenvalue weighted by atomic mass is 19.1. The summed E-state index contributed by atoms with van der Waals surface area (Å²) < 4.78 is 21.2. The first-order valence-corrected chi connectivity index (χ1v) is 8.51. The number of carbonyl (C=O) groups excluding carboxylic acids is 1. The first-order chi connectivity index (χ1) is 11.9. The molecule has 2 N–H and O–H groups in total. The number of hydrogen-bond acceptors (Lipinski definition) is 3. The number of aromatic nitrogens is 2. The summed E-state index contributed by atoms with van der Waals surface area (Å²) in [5.41, 5.74) is 0.292. The van der Waals surface area contributed by atoms with Crippen molar-refractivity contribution in [2.45, 2.75) is 50.8 Å². The molecular weight excluding hydrogens is 323 g/mol.